The summed E-state index contributed by atoms with van der Waals surface area (Å²) in [4.78, 5) is 29.5. The molecule has 2 aromatic carbocycles. The number of ether oxygens (including phenoxy) is 1. The van der Waals surface area contributed by atoms with Crippen LogP contribution in [0.25, 0.3) is 11.0 Å². The van der Waals surface area contributed by atoms with Crippen LogP contribution in [0.15, 0.2) is 51.7 Å². The maximum Gasteiger partial charge on any atom is 0.339 e. The fraction of sp³-hybridized carbons (Fsp3) is 0.346. The number of fused-ring (bicyclic) bond motifs is 1. The molecule has 2 heterocycles. The average Bonchev–Trinajstić information content (AvgIpc) is 2.84. The van der Waals surface area contributed by atoms with Gasteiger partial charge in [0.05, 0.1) is 18.7 Å². The molecule has 3 aromatic rings. The lowest BCUT2D eigenvalue weighted by molar-refractivity contribution is -0.133. The van der Waals surface area contributed by atoms with Crippen LogP contribution >= 0.6 is 0 Å². The molecule has 4 rings (SSSR count). The minimum absolute atomic E-state index is 0.0571. The number of rotatable bonds is 6. The maximum absolute atomic E-state index is 12.8. The molecule has 0 atom stereocenters. The van der Waals surface area contributed by atoms with Crippen LogP contribution in [0.4, 0.5) is 0 Å². The Balaban J connectivity index is 1.33. The van der Waals surface area contributed by atoms with E-state index >= 15 is 0 Å². The number of benzene rings is 2. The van der Waals surface area contributed by atoms with Crippen LogP contribution in [0.5, 0.6) is 5.75 Å². The van der Waals surface area contributed by atoms with Crippen molar-refractivity contribution in [1.82, 2.24) is 9.80 Å². The van der Waals surface area contributed by atoms with Crippen molar-refractivity contribution in [2.24, 2.45) is 0 Å². The lowest BCUT2D eigenvalue weighted by Crippen LogP contribution is -2.48. The predicted octanol–water partition coefficient (Wildman–Crippen LogP) is 3.26. The molecule has 7 nitrogen and oxygen atoms in total. The van der Waals surface area contributed by atoms with Crippen molar-refractivity contribution >= 4 is 16.9 Å². The number of carbonyl (C=O) groups is 1. The quantitative estimate of drug-likeness (QED) is 0.542. The number of carbonyl (C=O) groups excluding carboxylic acids is 1. The van der Waals surface area contributed by atoms with E-state index < -0.39 is 5.63 Å². The molecular weight excluding hydrogens is 418 g/mol. The molecule has 0 bridgehead atoms. The topological polar surface area (TPSA) is 86.8 Å². The summed E-state index contributed by atoms with van der Waals surface area (Å²) in [6.07, 6.45) is 0.642. The Morgan fingerprint density at radius 3 is 2.52 bits per heavy atom. The molecule has 0 saturated carbocycles. The summed E-state index contributed by atoms with van der Waals surface area (Å²) in [5.41, 5.74) is 3.32. The molecule has 1 aromatic heterocycles. The van der Waals surface area contributed by atoms with Gasteiger partial charge < -0.3 is 14.1 Å². The number of hydrogen-bond acceptors (Lipinski definition) is 6. The highest BCUT2D eigenvalue weighted by Gasteiger charge is 2.22. The number of nitriles is 1. The first-order chi connectivity index (χ1) is 16.0. The van der Waals surface area contributed by atoms with Crippen LogP contribution in [0.3, 0.4) is 0 Å². The summed E-state index contributed by atoms with van der Waals surface area (Å²) >= 11 is 0. The largest absolute Gasteiger partial charge is 0.497 e. The number of piperazine rings is 1. The van der Waals surface area contributed by atoms with E-state index in [9.17, 15) is 9.59 Å². The number of methoxy groups -OCH3 is 1. The first-order valence-electron chi connectivity index (χ1n) is 11.1. The molecule has 0 aliphatic carbocycles. The molecule has 1 aliphatic heterocycles. The number of amides is 1. The summed E-state index contributed by atoms with van der Waals surface area (Å²) in [6.45, 7) is 5.62. The smallest absolute Gasteiger partial charge is 0.339 e. The zero-order chi connectivity index (χ0) is 23.4. The van der Waals surface area contributed by atoms with Crippen molar-refractivity contribution in [3.8, 4) is 11.8 Å². The molecule has 7 heteroatoms. The van der Waals surface area contributed by atoms with E-state index in [0.29, 0.717) is 42.0 Å². The second-order valence-corrected chi connectivity index (χ2v) is 8.32. The Hall–Kier alpha value is -3.63. The van der Waals surface area contributed by atoms with E-state index in [1.165, 1.54) is 0 Å². The Bertz CT molecular complexity index is 1250. The summed E-state index contributed by atoms with van der Waals surface area (Å²) < 4.78 is 10.7. The summed E-state index contributed by atoms with van der Waals surface area (Å²) in [6, 6.07) is 15.2. The molecule has 170 valence electrons. The second kappa shape index (κ2) is 9.88. The average molecular weight is 446 g/mol. The summed E-state index contributed by atoms with van der Waals surface area (Å²) in [5.74, 6) is 0.688. The van der Waals surface area contributed by atoms with Crippen LogP contribution in [0.1, 0.15) is 28.7 Å². The van der Waals surface area contributed by atoms with Crippen LogP contribution in [-0.4, -0.2) is 49.0 Å². The van der Waals surface area contributed by atoms with Gasteiger partial charge in [-0.25, -0.2) is 4.79 Å². The minimum atomic E-state index is -0.395. The van der Waals surface area contributed by atoms with Gasteiger partial charge >= 0.3 is 5.63 Å². The van der Waals surface area contributed by atoms with Crippen LogP contribution < -0.4 is 10.4 Å². The van der Waals surface area contributed by atoms with Crippen molar-refractivity contribution in [3.05, 3.63) is 75.1 Å². The minimum Gasteiger partial charge on any atom is -0.497 e. The van der Waals surface area contributed by atoms with Crippen LogP contribution in [-0.2, 0) is 17.8 Å². The van der Waals surface area contributed by atoms with Crippen molar-refractivity contribution in [2.45, 2.75) is 26.3 Å². The van der Waals surface area contributed by atoms with Gasteiger partial charge in [-0.05, 0) is 48.7 Å². The highest BCUT2D eigenvalue weighted by atomic mass is 16.5. The fourth-order valence-electron chi connectivity index (χ4n) is 4.28. The lowest BCUT2D eigenvalue weighted by Gasteiger charge is -2.34. The van der Waals surface area contributed by atoms with Gasteiger partial charge in [0.1, 0.15) is 11.3 Å². The Morgan fingerprint density at radius 1 is 1.12 bits per heavy atom. The number of nitrogens with zero attached hydrogens (tertiary/aromatic N) is 3. The van der Waals surface area contributed by atoms with Crippen LogP contribution in [0.2, 0.25) is 0 Å². The maximum atomic E-state index is 12.8. The Kier molecular flexibility index (Phi) is 6.76. The number of aryl methyl sites for hydroxylation is 1. The Labute approximate surface area is 192 Å². The molecular formula is C26H27N3O4. The van der Waals surface area contributed by atoms with Crippen molar-refractivity contribution in [3.63, 3.8) is 0 Å². The molecule has 33 heavy (non-hydrogen) atoms. The first kappa shape index (κ1) is 22.6. The highest BCUT2D eigenvalue weighted by Crippen LogP contribution is 2.24. The van der Waals surface area contributed by atoms with E-state index in [1.807, 2.05) is 48.2 Å². The molecule has 1 aliphatic rings. The lowest BCUT2D eigenvalue weighted by atomic mass is 10.0. The van der Waals surface area contributed by atoms with Gasteiger partial charge in [0.2, 0.25) is 5.91 Å². The van der Waals surface area contributed by atoms with Gasteiger partial charge in [0.25, 0.3) is 0 Å². The van der Waals surface area contributed by atoms with Crippen LogP contribution in [0, 0.1) is 18.3 Å². The van der Waals surface area contributed by atoms with E-state index in [1.54, 1.807) is 13.2 Å². The van der Waals surface area contributed by atoms with Gasteiger partial charge in [-0.2, -0.15) is 5.26 Å². The zero-order valence-electron chi connectivity index (χ0n) is 19.0. The molecule has 0 unspecified atom stereocenters. The molecule has 0 N–H and O–H groups in total. The zero-order valence-corrected chi connectivity index (χ0v) is 19.0. The van der Waals surface area contributed by atoms with E-state index in [4.69, 9.17) is 14.4 Å². The number of hydrogen-bond donors (Lipinski definition) is 0. The molecule has 0 spiro atoms. The second-order valence-electron chi connectivity index (χ2n) is 8.32. The first-order valence-corrected chi connectivity index (χ1v) is 11.1. The predicted molar refractivity (Wildman–Crippen MR) is 125 cm³/mol. The third-order valence-electron chi connectivity index (χ3n) is 6.30. The van der Waals surface area contributed by atoms with Gasteiger partial charge in [-0.15, -0.1) is 0 Å². The summed E-state index contributed by atoms with van der Waals surface area (Å²) in [5, 5.41) is 9.77. The SMILES string of the molecule is COc1ccc2c(C)c(CCC(=O)N3CCN(Cc4ccc(C#N)cc4)CC3)c(=O)oc2c1. The van der Waals surface area contributed by atoms with Gasteiger partial charge in [-0.3, -0.25) is 9.69 Å². The molecule has 1 fully saturated rings. The van der Waals surface area contributed by atoms with E-state index in [-0.39, 0.29) is 12.3 Å². The normalized spacial score (nSPS) is 14.3. The highest BCUT2D eigenvalue weighted by molar-refractivity contribution is 5.82. The van der Waals surface area contributed by atoms with E-state index in [0.717, 1.165) is 36.1 Å². The van der Waals surface area contributed by atoms with Gasteiger partial charge in [-0.1, -0.05) is 12.1 Å². The van der Waals surface area contributed by atoms with Crippen molar-refractivity contribution in [1.29, 1.82) is 5.26 Å². The fourth-order valence-corrected chi connectivity index (χ4v) is 4.28. The van der Waals surface area contributed by atoms with E-state index in [2.05, 4.69) is 11.0 Å². The standard InChI is InChI=1S/C26H27N3O4/c1-18-22-8-7-21(32-2)15-24(22)33-26(31)23(18)9-10-25(30)29-13-11-28(12-14-29)17-20-5-3-19(16-27)4-6-20/h3-8,15H,9-14,17H2,1-2H3. The van der Waals surface area contributed by atoms with Crippen molar-refractivity contribution in [2.75, 3.05) is 33.3 Å². The van der Waals surface area contributed by atoms with Gasteiger partial charge in [0.15, 0.2) is 0 Å². The third kappa shape index (κ3) is 5.07. The molecule has 1 amide bonds. The molecule has 0 radical (unpaired) electrons. The van der Waals surface area contributed by atoms with Crippen molar-refractivity contribution < 1.29 is 13.9 Å². The van der Waals surface area contributed by atoms with Gasteiger partial charge in [0, 0.05) is 56.2 Å². The third-order valence-corrected chi connectivity index (χ3v) is 6.30. The molecule has 1 saturated heterocycles. The Morgan fingerprint density at radius 2 is 1.85 bits per heavy atom. The monoisotopic (exact) mass is 445 g/mol. The summed E-state index contributed by atoms with van der Waals surface area (Å²) in [7, 11) is 1.57.